The molecule has 0 fully saturated rings. The Hall–Kier alpha value is -1.16. The van der Waals surface area contributed by atoms with Gasteiger partial charge in [-0.15, -0.1) is 11.3 Å². The fraction of sp³-hybridized carbons (Fsp3) is 0.333. The van der Waals surface area contributed by atoms with Crippen molar-refractivity contribution >= 4 is 43.9 Å². The van der Waals surface area contributed by atoms with Crippen LogP contribution in [0.15, 0.2) is 16.6 Å². The lowest BCUT2D eigenvalue weighted by Gasteiger charge is -2.15. The molecule has 0 aliphatic heterocycles. The molecule has 7 nitrogen and oxygen atoms in total. The van der Waals surface area contributed by atoms with Gasteiger partial charge in [-0.2, -0.15) is 4.31 Å². The fourth-order valence-electron chi connectivity index (χ4n) is 1.45. The lowest BCUT2D eigenvalue weighted by Crippen LogP contribution is -2.33. The summed E-state index contributed by atoms with van der Waals surface area (Å²) in [4.78, 5) is 15.6. The van der Waals surface area contributed by atoms with Crippen LogP contribution in [-0.4, -0.2) is 48.8 Å². The highest BCUT2D eigenvalue weighted by Gasteiger charge is 2.30. The Morgan fingerprint density at radius 1 is 1.63 bits per heavy atom. The van der Waals surface area contributed by atoms with E-state index in [4.69, 9.17) is 11.6 Å². The minimum atomic E-state index is -3.92. The summed E-state index contributed by atoms with van der Waals surface area (Å²) in [6.07, 6.45) is 1.55. The summed E-state index contributed by atoms with van der Waals surface area (Å²) in [5.74, 6) is -0.659. The van der Waals surface area contributed by atoms with Crippen LogP contribution in [0.4, 0.5) is 0 Å². The number of likely N-dealkylation sites (N-methyl/N-ethyl adjacent to an activating group) is 1. The smallest absolute Gasteiger partial charge is 0.321 e. The molecular formula is C9H10ClN3O4S2. The molecule has 2 heterocycles. The number of fused-ring (bicyclic) bond motifs is 1. The first-order valence-electron chi connectivity index (χ1n) is 5.02. The van der Waals surface area contributed by atoms with Crippen LogP contribution in [-0.2, 0) is 19.6 Å². The number of aromatic nitrogens is 2. The molecule has 19 heavy (non-hydrogen) atoms. The molecule has 0 aliphatic carbocycles. The van der Waals surface area contributed by atoms with E-state index < -0.39 is 22.5 Å². The molecule has 0 unspecified atom stereocenters. The number of carbonyl (C=O) groups excluding carboxylic acids is 1. The molecule has 104 valence electrons. The number of methoxy groups -OCH3 is 1. The van der Waals surface area contributed by atoms with E-state index in [-0.39, 0.29) is 10.2 Å². The highest BCUT2D eigenvalue weighted by molar-refractivity contribution is 7.89. The predicted molar refractivity (Wildman–Crippen MR) is 69.9 cm³/mol. The number of sulfonamides is 1. The molecule has 2 rings (SSSR count). The van der Waals surface area contributed by atoms with Crippen molar-refractivity contribution in [2.24, 2.45) is 0 Å². The van der Waals surface area contributed by atoms with Gasteiger partial charge < -0.3 is 4.74 Å². The van der Waals surface area contributed by atoms with Crippen molar-refractivity contribution in [1.82, 2.24) is 13.7 Å². The molecule has 0 amide bonds. The maximum absolute atomic E-state index is 12.4. The highest BCUT2D eigenvalue weighted by atomic mass is 35.5. The van der Waals surface area contributed by atoms with E-state index in [0.717, 1.165) is 4.31 Å². The number of esters is 1. The number of ether oxygens (including phenoxy) is 1. The SMILES string of the molecule is COC(=O)CN(C)S(=O)(=O)c1c(Cl)nc2sccn12. The Morgan fingerprint density at radius 2 is 2.32 bits per heavy atom. The van der Waals surface area contributed by atoms with Crippen LogP contribution in [0.25, 0.3) is 4.96 Å². The van der Waals surface area contributed by atoms with Crippen molar-refractivity contribution in [3.05, 3.63) is 16.7 Å². The molecule has 0 aromatic carbocycles. The number of hydrogen-bond donors (Lipinski definition) is 0. The quantitative estimate of drug-likeness (QED) is 0.779. The third kappa shape index (κ3) is 2.46. The van der Waals surface area contributed by atoms with Crippen LogP contribution < -0.4 is 0 Å². The zero-order chi connectivity index (χ0) is 14.2. The van der Waals surface area contributed by atoms with Gasteiger partial charge in [-0.1, -0.05) is 11.6 Å². The maximum Gasteiger partial charge on any atom is 0.321 e. The zero-order valence-corrected chi connectivity index (χ0v) is 12.4. The molecule has 0 spiro atoms. The second-order valence-electron chi connectivity index (χ2n) is 3.60. The molecule has 2 aromatic rings. The minimum absolute atomic E-state index is 0.122. The fourth-order valence-corrected chi connectivity index (χ4v) is 3.96. The number of imidazole rings is 1. The first kappa shape index (κ1) is 14.3. The molecule has 2 aromatic heterocycles. The first-order chi connectivity index (χ1) is 8.87. The van der Waals surface area contributed by atoms with Crippen LogP contribution in [0.3, 0.4) is 0 Å². The van der Waals surface area contributed by atoms with Crippen LogP contribution in [0.2, 0.25) is 5.15 Å². The van der Waals surface area contributed by atoms with Crippen molar-refractivity contribution in [3.8, 4) is 0 Å². The van der Waals surface area contributed by atoms with Gasteiger partial charge in [0.1, 0.15) is 6.54 Å². The standard InChI is InChI=1S/C9H10ClN3O4S2/c1-12(5-6(14)17-2)19(15,16)8-7(10)11-9-13(8)3-4-18-9/h3-4H,5H2,1-2H3. The number of nitrogens with zero attached hydrogens (tertiary/aromatic N) is 3. The normalized spacial score (nSPS) is 12.2. The van der Waals surface area contributed by atoms with Gasteiger partial charge in [-0.3, -0.25) is 9.20 Å². The molecule has 0 bridgehead atoms. The average Bonchev–Trinajstić information content (AvgIpc) is 2.87. The Bertz CT molecular complexity index is 721. The van der Waals surface area contributed by atoms with Gasteiger partial charge in [0.15, 0.2) is 15.1 Å². The van der Waals surface area contributed by atoms with Crippen LogP contribution in [0.5, 0.6) is 0 Å². The van der Waals surface area contributed by atoms with Crippen molar-refractivity contribution < 1.29 is 17.9 Å². The van der Waals surface area contributed by atoms with E-state index in [1.54, 1.807) is 11.6 Å². The van der Waals surface area contributed by atoms with E-state index >= 15 is 0 Å². The van der Waals surface area contributed by atoms with Gasteiger partial charge in [0, 0.05) is 18.6 Å². The Labute approximate surface area is 118 Å². The van der Waals surface area contributed by atoms with Gasteiger partial charge >= 0.3 is 5.97 Å². The monoisotopic (exact) mass is 323 g/mol. The Kier molecular flexibility index (Phi) is 3.81. The molecule has 0 radical (unpaired) electrons. The molecular weight excluding hydrogens is 314 g/mol. The summed E-state index contributed by atoms with van der Waals surface area (Å²) in [6.45, 7) is -0.396. The van der Waals surface area contributed by atoms with Gasteiger partial charge in [-0.25, -0.2) is 13.4 Å². The first-order valence-corrected chi connectivity index (χ1v) is 7.72. The Morgan fingerprint density at radius 3 is 2.95 bits per heavy atom. The number of carbonyl (C=O) groups is 1. The summed E-state index contributed by atoms with van der Waals surface area (Å²) in [5.41, 5.74) is 0. The molecule has 0 saturated carbocycles. The molecule has 0 N–H and O–H groups in total. The zero-order valence-electron chi connectivity index (χ0n) is 10.0. The third-order valence-corrected chi connectivity index (χ3v) is 5.37. The average molecular weight is 324 g/mol. The number of rotatable bonds is 4. The summed E-state index contributed by atoms with van der Waals surface area (Å²) < 4.78 is 31.4. The molecule has 10 heteroatoms. The molecule has 0 saturated heterocycles. The number of halogens is 1. The molecule has 0 aliphatic rings. The van der Waals surface area contributed by atoms with E-state index in [2.05, 4.69) is 9.72 Å². The van der Waals surface area contributed by atoms with E-state index in [1.807, 2.05) is 0 Å². The van der Waals surface area contributed by atoms with E-state index in [9.17, 15) is 13.2 Å². The van der Waals surface area contributed by atoms with Crippen LogP contribution in [0.1, 0.15) is 0 Å². The summed E-state index contributed by atoms with van der Waals surface area (Å²) >= 11 is 7.12. The van der Waals surface area contributed by atoms with E-state index in [1.165, 1.54) is 29.9 Å². The summed E-state index contributed by atoms with van der Waals surface area (Å²) in [6, 6.07) is 0. The van der Waals surface area contributed by atoms with Crippen molar-refractivity contribution in [3.63, 3.8) is 0 Å². The topological polar surface area (TPSA) is 81.0 Å². The predicted octanol–water partition coefficient (Wildman–Crippen LogP) is 0.843. The number of thiazole rings is 1. The van der Waals surface area contributed by atoms with Gasteiger partial charge in [-0.05, 0) is 0 Å². The van der Waals surface area contributed by atoms with Gasteiger partial charge in [0.25, 0.3) is 10.0 Å². The lowest BCUT2D eigenvalue weighted by atomic mass is 10.7. The second-order valence-corrected chi connectivity index (χ2v) is 6.79. The highest BCUT2D eigenvalue weighted by Crippen LogP contribution is 2.27. The van der Waals surface area contributed by atoms with Crippen molar-refractivity contribution in [2.75, 3.05) is 20.7 Å². The largest absolute Gasteiger partial charge is 0.468 e. The second kappa shape index (κ2) is 5.08. The molecule has 0 atom stereocenters. The summed E-state index contributed by atoms with van der Waals surface area (Å²) in [7, 11) is -1.46. The van der Waals surface area contributed by atoms with Crippen molar-refractivity contribution in [1.29, 1.82) is 0 Å². The van der Waals surface area contributed by atoms with Gasteiger partial charge in [0.05, 0.1) is 7.11 Å². The van der Waals surface area contributed by atoms with Crippen LogP contribution >= 0.6 is 22.9 Å². The van der Waals surface area contributed by atoms with E-state index in [0.29, 0.717) is 4.96 Å². The minimum Gasteiger partial charge on any atom is -0.468 e. The Balaban J connectivity index is 2.46. The van der Waals surface area contributed by atoms with Crippen LogP contribution in [0, 0.1) is 0 Å². The number of hydrogen-bond acceptors (Lipinski definition) is 6. The lowest BCUT2D eigenvalue weighted by molar-refractivity contribution is -0.140. The summed E-state index contributed by atoms with van der Waals surface area (Å²) in [5, 5.41) is 1.42. The third-order valence-electron chi connectivity index (χ3n) is 2.41. The van der Waals surface area contributed by atoms with Gasteiger partial charge in [0.2, 0.25) is 0 Å². The van der Waals surface area contributed by atoms with Crippen molar-refractivity contribution in [2.45, 2.75) is 5.03 Å². The maximum atomic E-state index is 12.4.